The summed E-state index contributed by atoms with van der Waals surface area (Å²) in [6.07, 6.45) is 3.05. The Balaban J connectivity index is 1.27. The van der Waals surface area contributed by atoms with E-state index < -0.39 is 17.6 Å². The first-order chi connectivity index (χ1) is 22.2. The number of carbonyl (C=O) groups excluding carboxylic acids is 2. The van der Waals surface area contributed by atoms with Crippen molar-refractivity contribution < 1.29 is 33.0 Å². The molecule has 0 bridgehead atoms. The molecule has 10 nitrogen and oxygen atoms in total. The lowest BCUT2D eigenvalue weighted by Crippen LogP contribution is -2.39. The highest BCUT2D eigenvalue weighted by atomic mass is 32.2. The van der Waals surface area contributed by atoms with Crippen molar-refractivity contribution in [3.8, 4) is 11.1 Å². The number of pyridine rings is 1. The first kappa shape index (κ1) is 33.1. The molecule has 14 heteroatoms. The Hall–Kier alpha value is -4.24. The molecule has 0 unspecified atom stereocenters. The monoisotopic (exact) mass is 667 g/mol. The number of amides is 2. The number of aromatic nitrogens is 1. The molecule has 1 aromatic heterocycles. The molecule has 3 heterocycles. The molecule has 0 atom stereocenters. The summed E-state index contributed by atoms with van der Waals surface area (Å²) < 4.78 is 33.4. The SMILES string of the molecule is O=C(CCN1C(=O)/C(=C/c2cc(-c3ccc(F)c(F)c3)ccc2NCCN2CCOCC2)SC1=S)NCc1ccnc(C(=O)O)c1. The van der Waals surface area contributed by atoms with E-state index in [1.165, 1.54) is 23.2 Å². The second-order valence-electron chi connectivity index (χ2n) is 10.5. The van der Waals surface area contributed by atoms with E-state index in [1.54, 1.807) is 24.3 Å². The molecule has 2 fully saturated rings. The minimum Gasteiger partial charge on any atom is -0.477 e. The molecule has 2 saturated heterocycles. The number of carboxylic acids is 1. The summed E-state index contributed by atoms with van der Waals surface area (Å²) >= 11 is 6.59. The van der Waals surface area contributed by atoms with Crippen LogP contribution in [0, 0.1) is 11.6 Å². The average molecular weight is 668 g/mol. The molecule has 2 aliphatic rings. The Kier molecular flexibility index (Phi) is 11.1. The predicted octanol–water partition coefficient (Wildman–Crippen LogP) is 4.38. The first-order valence-electron chi connectivity index (χ1n) is 14.5. The maximum atomic E-state index is 14.0. The van der Waals surface area contributed by atoms with Crippen molar-refractivity contribution in [1.82, 2.24) is 20.1 Å². The van der Waals surface area contributed by atoms with Crippen molar-refractivity contribution in [1.29, 1.82) is 0 Å². The minimum absolute atomic E-state index is 0.0173. The van der Waals surface area contributed by atoms with Crippen LogP contribution in [0.3, 0.4) is 0 Å². The van der Waals surface area contributed by atoms with Gasteiger partial charge in [0.2, 0.25) is 5.91 Å². The molecule has 0 radical (unpaired) electrons. The number of aromatic carboxylic acids is 1. The van der Waals surface area contributed by atoms with E-state index in [0.29, 0.717) is 51.2 Å². The number of rotatable bonds is 12. The zero-order valence-corrected chi connectivity index (χ0v) is 26.3. The number of carbonyl (C=O) groups is 3. The zero-order chi connectivity index (χ0) is 32.6. The summed E-state index contributed by atoms with van der Waals surface area (Å²) in [6, 6.07) is 12.1. The van der Waals surface area contributed by atoms with Gasteiger partial charge in [0.15, 0.2) is 11.6 Å². The maximum Gasteiger partial charge on any atom is 0.354 e. The third kappa shape index (κ3) is 8.51. The van der Waals surface area contributed by atoms with Crippen molar-refractivity contribution in [3.63, 3.8) is 0 Å². The van der Waals surface area contributed by atoms with Gasteiger partial charge in [0.25, 0.3) is 5.91 Å². The fourth-order valence-corrected chi connectivity index (χ4v) is 6.21. The van der Waals surface area contributed by atoms with Crippen molar-refractivity contribution in [2.24, 2.45) is 0 Å². The van der Waals surface area contributed by atoms with Crippen LogP contribution in [0.25, 0.3) is 17.2 Å². The molecular weight excluding hydrogens is 637 g/mol. The van der Waals surface area contributed by atoms with Gasteiger partial charge in [0.05, 0.1) is 18.1 Å². The van der Waals surface area contributed by atoms with Crippen LogP contribution >= 0.6 is 24.0 Å². The van der Waals surface area contributed by atoms with Gasteiger partial charge >= 0.3 is 5.97 Å². The largest absolute Gasteiger partial charge is 0.477 e. The van der Waals surface area contributed by atoms with E-state index >= 15 is 0 Å². The van der Waals surface area contributed by atoms with Crippen LogP contribution in [0.2, 0.25) is 0 Å². The number of ether oxygens (including phenoxy) is 1. The van der Waals surface area contributed by atoms with Crippen LogP contribution in [-0.4, -0.2) is 87.9 Å². The molecule has 0 saturated carbocycles. The number of halogens is 2. The molecule has 46 heavy (non-hydrogen) atoms. The summed E-state index contributed by atoms with van der Waals surface area (Å²) in [6.45, 7) is 4.67. The van der Waals surface area contributed by atoms with Gasteiger partial charge < -0.3 is 20.5 Å². The minimum atomic E-state index is -1.16. The summed E-state index contributed by atoms with van der Waals surface area (Å²) in [5, 5.41) is 15.3. The number of thiocarbonyl (C=S) groups is 1. The van der Waals surface area contributed by atoms with E-state index in [4.69, 9.17) is 22.1 Å². The molecule has 2 aliphatic heterocycles. The molecule has 2 amide bonds. The lowest BCUT2D eigenvalue weighted by Gasteiger charge is -2.26. The van der Waals surface area contributed by atoms with E-state index in [9.17, 15) is 23.2 Å². The number of nitrogens with one attached hydrogen (secondary N) is 2. The highest BCUT2D eigenvalue weighted by molar-refractivity contribution is 8.26. The number of hydrogen-bond acceptors (Lipinski definition) is 9. The van der Waals surface area contributed by atoms with Gasteiger partial charge in [-0.05, 0) is 64.7 Å². The van der Waals surface area contributed by atoms with Crippen LogP contribution in [-0.2, 0) is 20.9 Å². The molecule has 0 spiro atoms. The van der Waals surface area contributed by atoms with Gasteiger partial charge in [-0.3, -0.25) is 19.4 Å². The lowest BCUT2D eigenvalue weighted by molar-refractivity contribution is -0.123. The van der Waals surface area contributed by atoms with Crippen LogP contribution in [0.1, 0.15) is 28.0 Å². The molecule has 3 N–H and O–H groups in total. The Labute approximate surface area is 273 Å². The maximum absolute atomic E-state index is 14.0. The summed E-state index contributed by atoms with van der Waals surface area (Å²) in [4.78, 5) is 44.9. The molecule has 0 aliphatic carbocycles. The fourth-order valence-electron chi connectivity index (χ4n) is 4.91. The van der Waals surface area contributed by atoms with E-state index in [2.05, 4.69) is 20.5 Å². The van der Waals surface area contributed by atoms with Gasteiger partial charge in [-0.1, -0.05) is 36.1 Å². The number of benzene rings is 2. The van der Waals surface area contributed by atoms with Crippen LogP contribution in [0.15, 0.2) is 59.6 Å². The van der Waals surface area contributed by atoms with Crippen molar-refractivity contribution >= 4 is 57.8 Å². The number of anilines is 1. The van der Waals surface area contributed by atoms with Crippen LogP contribution in [0.4, 0.5) is 14.5 Å². The molecular formula is C32H31F2N5O5S2. The summed E-state index contributed by atoms with van der Waals surface area (Å²) in [5.41, 5.74) is 3.00. The first-order valence-corrected chi connectivity index (χ1v) is 15.7. The van der Waals surface area contributed by atoms with Crippen molar-refractivity contribution in [2.75, 3.05) is 51.3 Å². The van der Waals surface area contributed by atoms with Crippen LogP contribution in [0.5, 0.6) is 0 Å². The number of carboxylic acid groups (broad SMARTS) is 1. The Morgan fingerprint density at radius 3 is 2.57 bits per heavy atom. The van der Waals surface area contributed by atoms with E-state index in [0.717, 1.165) is 49.2 Å². The number of thioether (sulfide) groups is 1. The summed E-state index contributed by atoms with van der Waals surface area (Å²) in [5.74, 6) is -3.74. The number of morpholine rings is 1. The Bertz CT molecular complexity index is 1680. The third-order valence-electron chi connectivity index (χ3n) is 7.41. The highest BCUT2D eigenvalue weighted by Gasteiger charge is 2.32. The smallest absolute Gasteiger partial charge is 0.354 e. The number of hydrogen-bond donors (Lipinski definition) is 3. The highest BCUT2D eigenvalue weighted by Crippen LogP contribution is 2.35. The van der Waals surface area contributed by atoms with E-state index in [-0.39, 0.29) is 37.0 Å². The van der Waals surface area contributed by atoms with Crippen molar-refractivity contribution in [2.45, 2.75) is 13.0 Å². The molecule has 240 valence electrons. The van der Waals surface area contributed by atoms with E-state index in [1.807, 2.05) is 6.07 Å². The van der Waals surface area contributed by atoms with Gasteiger partial charge in [-0.15, -0.1) is 0 Å². The molecule has 2 aromatic carbocycles. The Morgan fingerprint density at radius 1 is 1.04 bits per heavy atom. The van der Waals surface area contributed by atoms with Crippen molar-refractivity contribution in [3.05, 3.63) is 88.1 Å². The third-order valence-corrected chi connectivity index (χ3v) is 8.79. The summed E-state index contributed by atoms with van der Waals surface area (Å²) in [7, 11) is 0. The molecule has 3 aromatic rings. The van der Waals surface area contributed by atoms with Crippen LogP contribution < -0.4 is 10.6 Å². The quantitative estimate of drug-likeness (QED) is 0.190. The standard InChI is InChI=1S/C32H31F2N5O5S2/c33-24-3-1-22(17-25(24)34)21-2-4-26(36-8-10-38-11-13-44-14-12-38)23(16-21)18-28-30(41)39(32(45)46-28)9-6-29(40)37-19-20-5-7-35-27(15-20)31(42)43/h1-5,7,15-18,36H,6,8-14,19H2,(H,37,40)(H,42,43)/b28-18-. The van der Waals surface area contributed by atoms with Gasteiger partial charge in [-0.25, -0.2) is 18.6 Å². The number of nitrogens with zero attached hydrogens (tertiary/aromatic N) is 3. The Morgan fingerprint density at radius 2 is 1.80 bits per heavy atom. The topological polar surface area (TPSA) is 124 Å². The second kappa shape index (κ2) is 15.4. The average Bonchev–Trinajstić information content (AvgIpc) is 3.32. The normalized spacial score (nSPS) is 16.2. The zero-order valence-electron chi connectivity index (χ0n) is 24.6. The van der Waals surface area contributed by atoms with Gasteiger partial charge in [-0.2, -0.15) is 0 Å². The van der Waals surface area contributed by atoms with Gasteiger partial charge in [0.1, 0.15) is 10.0 Å². The predicted molar refractivity (Wildman–Crippen MR) is 175 cm³/mol. The second-order valence-corrected chi connectivity index (χ2v) is 12.2. The fraction of sp³-hybridized carbons (Fsp3) is 0.281. The lowest BCUT2D eigenvalue weighted by atomic mass is 10.0. The molecule has 5 rings (SSSR count). The van der Waals surface area contributed by atoms with Gasteiger partial charge in [0, 0.05) is 57.6 Å².